The Morgan fingerprint density at radius 2 is 1.71 bits per heavy atom. The highest BCUT2D eigenvalue weighted by atomic mass is 32.2. The number of aromatic nitrogens is 2. The van der Waals surface area contributed by atoms with E-state index in [4.69, 9.17) is 9.72 Å². The van der Waals surface area contributed by atoms with Crippen LogP contribution in [-0.4, -0.2) is 42.3 Å². The van der Waals surface area contributed by atoms with Gasteiger partial charge in [0, 0.05) is 38.7 Å². The van der Waals surface area contributed by atoms with Crippen molar-refractivity contribution in [2.75, 3.05) is 24.5 Å². The van der Waals surface area contributed by atoms with Crippen LogP contribution in [0, 0.1) is 17.6 Å². The fraction of sp³-hybridized carbons (Fsp3) is 0.360. The van der Waals surface area contributed by atoms with E-state index in [1.807, 2.05) is 0 Å². The minimum atomic E-state index is -3.74. The summed E-state index contributed by atoms with van der Waals surface area (Å²) >= 11 is 0. The summed E-state index contributed by atoms with van der Waals surface area (Å²) in [5.74, 6) is -0.658. The van der Waals surface area contributed by atoms with E-state index in [0.29, 0.717) is 29.5 Å². The van der Waals surface area contributed by atoms with E-state index in [-0.39, 0.29) is 29.6 Å². The molecule has 0 atom stereocenters. The van der Waals surface area contributed by atoms with Crippen molar-refractivity contribution in [1.29, 1.82) is 0 Å². The second-order valence-corrected chi connectivity index (χ2v) is 10.9. The zero-order valence-corrected chi connectivity index (χ0v) is 20.1. The van der Waals surface area contributed by atoms with Crippen molar-refractivity contribution in [2.45, 2.75) is 37.6 Å². The van der Waals surface area contributed by atoms with E-state index >= 15 is 0 Å². The van der Waals surface area contributed by atoms with E-state index in [0.717, 1.165) is 38.1 Å². The minimum absolute atomic E-state index is 0.0168. The van der Waals surface area contributed by atoms with Crippen LogP contribution in [0.3, 0.4) is 0 Å². The number of rotatable bonds is 5. The Morgan fingerprint density at radius 3 is 2.43 bits per heavy atom. The number of piperidine rings is 1. The van der Waals surface area contributed by atoms with Crippen LogP contribution in [0.25, 0.3) is 0 Å². The summed E-state index contributed by atoms with van der Waals surface area (Å²) in [5.41, 5.74) is 1.22. The molecule has 1 fully saturated rings. The van der Waals surface area contributed by atoms with Crippen LogP contribution in [0.5, 0.6) is 11.6 Å². The quantitative estimate of drug-likeness (QED) is 0.513. The van der Waals surface area contributed by atoms with Crippen LogP contribution in [0.15, 0.2) is 53.4 Å². The second kappa shape index (κ2) is 9.50. The van der Waals surface area contributed by atoms with Gasteiger partial charge in [-0.15, -0.1) is 0 Å². The molecule has 35 heavy (non-hydrogen) atoms. The topological polar surface area (TPSA) is 75.6 Å². The monoisotopic (exact) mass is 500 g/mol. The summed E-state index contributed by atoms with van der Waals surface area (Å²) < 4.78 is 61.1. The van der Waals surface area contributed by atoms with Crippen LogP contribution < -0.4 is 9.64 Å². The molecule has 1 aromatic heterocycles. The maximum atomic E-state index is 13.9. The molecular formula is C25H26F2N4O3S. The SMILES string of the molecule is CC1CCN(c2nc3c(c(Oc4ccc(F)c(F)c4)n2)CN(S(=O)(=O)c2ccccc2)CC3)CC1. The van der Waals surface area contributed by atoms with E-state index in [2.05, 4.69) is 16.8 Å². The Bertz CT molecular complexity index is 1330. The number of hydrogen-bond acceptors (Lipinski definition) is 6. The van der Waals surface area contributed by atoms with Crippen LogP contribution in [0.4, 0.5) is 14.7 Å². The number of benzene rings is 2. The lowest BCUT2D eigenvalue weighted by atomic mass is 9.99. The van der Waals surface area contributed by atoms with Crippen molar-refractivity contribution in [3.05, 3.63) is 71.4 Å². The minimum Gasteiger partial charge on any atom is -0.438 e. The van der Waals surface area contributed by atoms with Crippen molar-refractivity contribution in [3.8, 4) is 11.6 Å². The third kappa shape index (κ3) is 4.85. The zero-order valence-electron chi connectivity index (χ0n) is 19.3. The number of sulfonamides is 1. The highest BCUT2D eigenvalue weighted by Gasteiger charge is 2.33. The van der Waals surface area contributed by atoms with Crippen molar-refractivity contribution >= 4 is 16.0 Å². The molecule has 184 valence electrons. The third-order valence-electron chi connectivity index (χ3n) is 6.53. The molecule has 0 spiro atoms. The molecule has 10 heteroatoms. The Morgan fingerprint density at radius 1 is 0.971 bits per heavy atom. The Kier molecular flexibility index (Phi) is 6.41. The number of nitrogens with zero attached hydrogens (tertiary/aromatic N) is 4. The van der Waals surface area contributed by atoms with Gasteiger partial charge >= 0.3 is 0 Å². The first kappa shape index (κ1) is 23.6. The van der Waals surface area contributed by atoms with Gasteiger partial charge in [0.05, 0.1) is 16.2 Å². The highest BCUT2D eigenvalue weighted by Crippen LogP contribution is 2.34. The van der Waals surface area contributed by atoms with Crippen LogP contribution >= 0.6 is 0 Å². The van der Waals surface area contributed by atoms with Gasteiger partial charge in [-0.1, -0.05) is 25.1 Å². The number of halogens is 2. The first-order chi connectivity index (χ1) is 16.8. The van der Waals surface area contributed by atoms with Crippen molar-refractivity contribution in [1.82, 2.24) is 14.3 Å². The van der Waals surface area contributed by atoms with Crippen LogP contribution in [-0.2, 0) is 23.0 Å². The molecule has 1 saturated heterocycles. The molecule has 0 radical (unpaired) electrons. The number of fused-ring (bicyclic) bond motifs is 1. The third-order valence-corrected chi connectivity index (χ3v) is 8.39. The lowest BCUT2D eigenvalue weighted by Crippen LogP contribution is -2.38. The zero-order chi connectivity index (χ0) is 24.6. The number of hydrogen-bond donors (Lipinski definition) is 0. The molecule has 2 aromatic carbocycles. The van der Waals surface area contributed by atoms with Crippen molar-refractivity contribution in [3.63, 3.8) is 0 Å². The molecule has 5 rings (SSSR count). The molecule has 3 aromatic rings. The molecule has 2 aliphatic rings. The van der Waals surface area contributed by atoms with E-state index in [9.17, 15) is 17.2 Å². The standard InChI is InChI=1S/C25H26F2N4O3S/c1-17-9-12-30(13-10-17)25-28-23-11-14-31(35(32,33)19-5-3-2-4-6-19)16-20(23)24(29-25)34-18-7-8-21(26)22(27)15-18/h2-8,15,17H,9-14,16H2,1H3. The second-order valence-electron chi connectivity index (χ2n) is 9.00. The fourth-order valence-corrected chi connectivity index (χ4v) is 5.81. The Labute approximate surface area is 203 Å². The molecule has 7 nitrogen and oxygen atoms in total. The van der Waals surface area contributed by atoms with Gasteiger partial charge in [0.15, 0.2) is 11.6 Å². The molecule has 0 N–H and O–H groups in total. The van der Waals surface area contributed by atoms with Gasteiger partial charge in [0.2, 0.25) is 21.9 Å². The summed E-state index contributed by atoms with van der Waals surface area (Å²) in [6, 6.07) is 11.5. The van der Waals surface area contributed by atoms with Crippen molar-refractivity contribution in [2.24, 2.45) is 5.92 Å². The highest BCUT2D eigenvalue weighted by molar-refractivity contribution is 7.89. The maximum Gasteiger partial charge on any atom is 0.243 e. The maximum absolute atomic E-state index is 13.9. The van der Waals surface area contributed by atoms with Crippen molar-refractivity contribution < 1.29 is 21.9 Å². The normalized spacial score (nSPS) is 17.3. The van der Waals surface area contributed by atoms with Gasteiger partial charge in [0.1, 0.15) is 5.75 Å². The van der Waals surface area contributed by atoms with Gasteiger partial charge < -0.3 is 9.64 Å². The Hall–Kier alpha value is -3.11. The predicted octanol–water partition coefficient (Wildman–Crippen LogP) is 4.53. The van der Waals surface area contributed by atoms with Crippen LogP contribution in [0.1, 0.15) is 31.0 Å². The van der Waals surface area contributed by atoms with Gasteiger partial charge in [-0.2, -0.15) is 9.29 Å². The summed E-state index contributed by atoms with van der Waals surface area (Å²) in [7, 11) is -3.74. The van der Waals surface area contributed by atoms with E-state index < -0.39 is 21.7 Å². The fourth-order valence-electron chi connectivity index (χ4n) is 4.38. The number of ether oxygens (including phenoxy) is 1. The lowest BCUT2D eigenvalue weighted by molar-refractivity contribution is 0.367. The van der Waals surface area contributed by atoms with Gasteiger partial charge in [-0.25, -0.2) is 22.2 Å². The molecule has 0 bridgehead atoms. The molecule has 0 unspecified atom stereocenters. The average Bonchev–Trinajstić information content (AvgIpc) is 2.87. The predicted molar refractivity (Wildman–Crippen MR) is 127 cm³/mol. The molecule has 2 aliphatic heterocycles. The molecular weight excluding hydrogens is 474 g/mol. The molecule has 0 aliphatic carbocycles. The summed E-state index contributed by atoms with van der Waals surface area (Å²) in [5, 5.41) is 0. The summed E-state index contributed by atoms with van der Waals surface area (Å²) in [6.07, 6.45) is 2.42. The van der Waals surface area contributed by atoms with E-state index in [1.165, 1.54) is 10.4 Å². The smallest absolute Gasteiger partial charge is 0.243 e. The van der Waals surface area contributed by atoms with E-state index in [1.54, 1.807) is 30.3 Å². The van der Waals surface area contributed by atoms with Gasteiger partial charge in [0.25, 0.3) is 0 Å². The molecule has 3 heterocycles. The van der Waals surface area contributed by atoms with Gasteiger partial charge in [-0.05, 0) is 43.0 Å². The molecule has 0 saturated carbocycles. The largest absolute Gasteiger partial charge is 0.438 e. The summed E-state index contributed by atoms with van der Waals surface area (Å²) in [6.45, 7) is 4.10. The first-order valence-corrected chi connectivity index (χ1v) is 13.1. The lowest BCUT2D eigenvalue weighted by Gasteiger charge is -2.33. The first-order valence-electron chi connectivity index (χ1n) is 11.6. The number of anilines is 1. The van der Waals surface area contributed by atoms with Crippen LogP contribution in [0.2, 0.25) is 0 Å². The average molecular weight is 501 g/mol. The Balaban J connectivity index is 1.52. The molecule has 0 amide bonds. The van der Waals surface area contributed by atoms with Gasteiger partial charge in [-0.3, -0.25) is 0 Å². The summed E-state index contributed by atoms with van der Waals surface area (Å²) in [4.78, 5) is 11.7.